The quantitative estimate of drug-likeness (QED) is 0.739. The number of fused-ring (bicyclic) bond motifs is 1. The van der Waals surface area contributed by atoms with E-state index in [9.17, 15) is 0 Å². The Balaban J connectivity index is 1.85. The molecule has 1 N–H and O–H groups in total. The summed E-state index contributed by atoms with van der Waals surface area (Å²) in [4.78, 5) is 2.42. The highest BCUT2D eigenvalue weighted by Gasteiger charge is 2.15. The Labute approximate surface area is 90.0 Å². The molecule has 0 radical (unpaired) electrons. The van der Waals surface area contributed by atoms with E-state index >= 15 is 0 Å². The fraction of sp³-hybridized carbons (Fsp3) is 0.500. The normalized spacial score (nSPS) is 19.9. The van der Waals surface area contributed by atoms with Gasteiger partial charge in [-0.25, -0.2) is 0 Å². The van der Waals surface area contributed by atoms with Crippen molar-refractivity contribution in [1.82, 2.24) is 5.32 Å². The summed E-state index contributed by atoms with van der Waals surface area (Å²) < 4.78 is 5.59. The first-order chi connectivity index (χ1) is 7.43. The number of hydrogen-bond donors (Lipinski definition) is 1. The molecule has 0 aliphatic carbocycles. The van der Waals surface area contributed by atoms with E-state index in [0.717, 1.165) is 45.0 Å². The monoisotopic (exact) mass is 204 g/mol. The van der Waals surface area contributed by atoms with E-state index in [2.05, 4.69) is 28.4 Å². The van der Waals surface area contributed by atoms with Gasteiger partial charge in [0.2, 0.25) is 0 Å². The van der Waals surface area contributed by atoms with Crippen LogP contribution in [0.2, 0.25) is 0 Å². The molecule has 3 nitrogen and oxygen atoms in total. The average molecular weight is 204 g/mol. The van der Waals surface area contributed by atoms with Crippen molar-refractivity contribution in [2.45, 2.75) is 6.42 Å². The molecule has 1 aromatic carbocycles. The SMILES string of the molecule is c1cc2c(cc1N1CCNCC1)OCC2. The van der Waals surface area contributed by atoms with Gasteiger partial charge in [-0.15, -0.1) is 0 Å². The van der Waals surface area contributed by atoms with Gasteiger partial charge >= 0.3 is 0 Å². The van der Waals surface area contributed by atoms with Gasteiger partial charge in [-0.3, -0.25) is 0 Å². The molecule has 0 saturated carbocycles. The minimum atomic E-state index is 0.848. The molecule has 2 aliphatic rings. The molecule has 0 bridgehead atoms. The lowest BCUT2D eigenvalue weighted by Crippen LogP contribution is -2.43. The molecule has 0 unspecified atom stereocenters. The van der Waals surface area contributed by atoms with Crippen LogP contribution in [0.25, 0.3) is 0 Å². The highest BCUT2D eigenvalue weighted by Crippen LogP contribution is 2.30. The molecule has 1 fully saturated rings. The second kappa shape index (κ2) is 3.74. The molecule has 1 saturated heterocycles. The van der Waals surface area contributed by atoms with Crippen molar-refractivity contribution in [2.24, 2.45) is 0 Å². The molecule has 3 heteroatoms. The van der Waals surface area contributed by atoms with Crippen LogP contribution in [0.4, 0.5) is 5.69 Å². The lowest BCUT2D eigenvalue weighted by Gasteiger charge is -2.29. The minimum absolute atomic E-state index is 0.848. The van der Waals surface area contributed by atoms with E-state index in [4.69, 9.17) is 4.74 Å². The van der Waals surface area contributed by atoms with Crippen LogP contribution in [0.1, 0.15) is 5.56 Å². The predicted octanol–water partition coefficient (Wildman–Crippen LogP) is 1.03. The van der Waals surface area contributed by atoms with E-state index in [1.165, 1.54) is 11.3 Å². The van der Waals surface area contributed by atoms with Crippen molar-refractivity contribution < 1.29 is 4.74 Å². The zero-order chi connectivity index (χ0) is 10.1. The largest absolute Gasteiger partial charge is 0.493 e. The third-order valence-corrected chi connectivity index (χ3v) is 3.16. The lowest BCUT2D eigenvalue weighted by atomic mass is 10.1. The second-order valence-electron chi connectivity index (χ2n) is 4.13. The summed E-state index contributed by atoms with van der Waals surface area (Å²) in [7, 11) is 0. The van der Waals surface area contributed by atoms with Crippen molar-refractivity contribution in [3.05, 3.63) is 23.8 Å². The molecule has 0 atom stereocenters. The maximum absolute atomic E-state index is 5.59. The summed E-state index contributed by atoms with van der Waals surface area (Å²) in [5, 5.41) is 3.36. The number of nitrogens with zero attached hydrogens (tertiary/aromatic N) is 1. The molecule has 1 aromatic rings. The molecule has 2 heterocycles. The Kier molecular flexibility index (Phi) is 2.25. The van der Waals surface area contributed by atoms with E-state index in [1.54, 1.807) is 0 Å². The topological polar surface area (TPSA) is 24.5 Å². The fourth-order valence-electron chi connectivity index (χ4n) is 2.27. The smallest absolute Gasteiger partial charge is 0.124 e. The standard InChI is InChI=1S/C12H16N2O/c1-2-11(14-6-4-13-5-7-14)9-12-10(1)3-8-15-12/h1-2,9,13H,3-8H2. The first-order valence-electron chi connectivity index (χ1n) is 5.65. The minimum Gasteiger partial charge on any atom is -0.493 e. The van der Waals surface area contributed by atoms with Crippen LogP contribution in [0, 0.1) is 0 Å². The van der Waals surface area contributed by atoms with Gasteiger partial charge in [-0.05, 0) is 11.6 Å². The Morgan fingerprint density at radius 3 is 2.93 bits per heavy atom. The molecule has 80 valence electrons. The van der Waals surface area contributed by atoms with Gasteiger partial charge in [0.15, 0.2) is 0 Å². The van der Waals surface area contributed by atoms with Gasteiger partial charge in [-0.1, -0.05) is 6.07 Å². The number of piperazine rings is 1. The molecule has 0 aromatic heterocycles. The predicted molar refractivity (Wildman–Crippen MR) is 60.7 cm³/mol. The average Bonchev–Trinajstić information content (AvgIpc) is 2.77. The molecular weight excluding hydrogens is 188 g/mol. The van der Waals surface area contributed by atoms with Crippen molar-refractivity contribution in [1.29, 1.82) is 0 Å². The summed E-state index contributed by atoms with van der Waals surface area (Å²) in [6.45, 7) is 5.20. The van der Waals surface area contributed by atoms with Gasteiger partial charge < -0.3 is 15.0 Å². The Morgan fingerprint density at radius 1 is 1.20 bits per heavy atom. The van der Waals surface area contributed by atoms with Crippen LogP contribution in [0.15, 0.2) is 18.2 Å². The number of hydrogen-bond acceptors (Lipinski definition) is 3. The molecule has 15 heavy (non-hydrogen) atoms. The highest BCUT2D eigenvalue weighted by molar-refractivity contribution is 5.55. The number of ether oxygens (including phenoxy) is 1. The van der Waals surface area contributed by atoms with Crippen molar-refractivity contribution in [3.8, 4) is 5.75 Å². The van der Waals surface area contributed by atoms with Crippen LogP contribution in [0.5, 0.6) is 5.75 Å². The van der Waals surface area contributed by atoms with Crippen LogP contribution in [-0.2, 0) is 6.42 Å². The van der Waals surface area contributed by atoms with E-state index in [1.807, 2.05) is 0 Å². The maximum Gasteiger partial charge on any atom is 0.124 e. The van der Waals surface area contributed by atoms with E-state index in [-0.39, 0.29) is 0 Å². The van der Waals surface area contributed by atoms with Crippen LogP contribution >= 0.6 is 0 Å². The summed E-state index contributed by atoms with van der Waals surface area (Å²) in [5.41, 5.74) is 2.66. The summed E-state index contributed by atoms with van der Waals surface area (Å²) >= 11 is 0. The molecule has 0 amide bonds. The van der Waals surface area contributed by atoms with E-state index in [0.29, 0.717) is 0 Å². The Hall–Kier alpha value is -1.22. The second-order valence-corrected chi connectivity index (χ2v) is 4.13. The molecule has 3 rings (SSSR count). The number of nitrogens with one attached hydrogen (secondary N) is 1. The first-order valence-corrected chi connectivity index (χ1v) is 5.65. The van der Waals surface area contributed by atoms with Gasteiger partial charge in [0.25, 0.3) is 0 Å². The molecule has 2 aliphatic heterocycles. The van der Waals surface area contributed by atoms with Crippen LogP contribution < -0.4 is 15.0 Å². The van der Waals surface area contributed by atoms with Gasteiger partial charge in [0.05, 0.1) is 6.61 Å². The van der Waals surface area contributed by atoms with Crippen LogP contribution in [-0.4, -0.2) is 32.8 Å². The van der Waals surface area contributed by atoms with Crippen LogP contribution in [0.3, 0.4) is 0 Å². The summed E-state index contributed by atoms with van der Waals surface area (Å²) in [6.07, 6.45) is 1.07. The third-order valence-electron chi connectivity index (χ3n) is 3.16. The molecule has 0 spiro atoms. The summed E-state index contributed by atoms with van der Waals surface area (Å²) in [6, 6.07) is 6.62. The maximum atomic E-state index is 5.59. The molecular formula is C12H16N2O. The third kappa shape index (κ3) is 1.67. The van der Waals surface area contributed by atoms with Gasteiger partial charge in [0, 0.05) is 44.4 Å². The van der Waals surface area contributed by atoms with Crippen molar-refractivity contribution in [2.75, 3.05) is 37.7 Å². The van der Waals surface area contributed by atoms with E-state index < -0.39 is 0 Å². The lowest BCUT2D eigenvalue weighted by molar-refractivity contribution is 0.357. The van der Waals surface area contributed by atoms with Gasteiger partial charge in [-0.2, -0.15) is 0 Å². The van der Waals surface area contributed by atoms with Crippen molar-refractivity contribution >= 4 is 5.69 Å². The number of rotatable bonds is 1. The van der Waals surface area contributed by atoms with Crippen molar-refractivity contribution in [3.63, 3.8) is 0 Å². The summed E-state index contributed by atoms with van der Waals surface area (Å²) in [5.74, 6) is 1.09. The zero-order valence-corrected chi connectivity index (χ0v) is 8.83. The van der Waals surface area contributed by atoms with Gasteiger partial charge in [0.1, 0.15) is 5.75 Å². The Bertz CT molecular complexity index is 359. The fourth-order valence-corrected chi connectivity index (χ4v) is 2.27. The highest BCUT2D eigenvalue weighted by atomic mass is 16.5. The zero-order valence-electron chi connectivity index (χ0n) is 8.83. The first kappa shape index (κ1) is 9.04. The number of benzene rings is 1. The number of anilines is 1. The Morgan fingerprint density at radius 2 is 2.07 bits per heavy atom.